The smallest absolute Gasteiger partial charge is 0.193 e. The van der Waals surface area contributed by atoms with Gasteiger partial charge in [0.1, 0.15) is 5.75 Å². The normalized spacial score (nSPS) is 18.7. The molecule has 0 saturated carbocycles. The van der Waals surface area contributed by atoms with Gasteiger partial charge in [-0.3, -0.25) is 9.59 Å². The van der Waals surface area contributed by atoms with Crippen molar-refractivity contribution in [3.8, 4) is 5.75 Å². The van der Waals surface area contributed by atoms with Crippen molar-refractivity contribution in [3.63, 3.8) is 0 Å². The van der Waals surface area contributed by atoms with E-state index in [4.69, 9.17) is 4.74 Å². The van der Waals surface area contributed by atoms with Crippen LogP contribution in [0.2, 0.25) is 0 Å². The summed E-state index contributed by atoms with van der Waals surface area (Å²) < 4.78 is 5.44. The Morgan fingerprint density at radius 1 is 0.912 bits per heavy atom. The average Bonchev–Trinajstić information content (AvgIpc) is 2.99. The highest BCUT2D eigenvalue weighted by atomic mass is 16.5. The molecule has 1 heterocycles. The fourth-order valence-electron chi connectivity index (χ4n) is 4.91. The molecule has 0 radical (unpaired) electrons. The lowest BCUT2D eigenvalue weighted by molar-refractivity contribution is -0.118. The molecule has 0 unspecified atom stereocenters. The summed E-state index contributed by atoms with van der Waals surface area (Å²) in [6.45, 7) is 4.23. The summed E-state index contributed by atoms with van der Waals surface area (Å²) in [5.41, 5.74) is 5.35. The molecule has 34 heavy (non-hydrogen) atoms. The molecule has 0 fully saturated rings. The van der Waals surface area contributed by atoms with Gasteiger partial charge in [0.05, 0.1) is 24.5 Å². The number of nitrogens with one attached hydrogen (secondary N) is 2. The summed E-state index contributed by atoms with van der Waals surface area (Å²) >= 11 is 0. The lowest BCUT2D eigenvalue weighted by Crippen LogP contribution is -2.31. The van der Waals surface area contributed by atoms with E-state index in [1.807, 2.05) is 72.8 Å². The molecule has 1 aliphatic heterocycles. The first kappa shape index (κ1) is 22.0. The number of carbonyl (C=O) groups is 2. The Hall–Kier alpha value is -3.86. The van der Waals surface area contributed by atoms with E-state index in [0.717, 1.165) is 40.4 Å². The Morgan fingerprint density at radius 2 is 1.71 bits per heavy atom. The van der Waals surface area contributed by atoms with Gasteiger partial charge in [0, 0.05) is 28.8 Å². The van der Waals surface area contributed by atoms with Gasteiger partial charge >= 0.3 is 0 Å². The maximum absolute atomic E-state index is 13.4. The zero-order valence-corrected chi connectivity index (χ0v) is 19.6. The number of ketones is 2. The monoisotopic (exact) mass is 452 g/mol. The number of methoxy groups -OCH3 is 1. The van der Waals surface area contributed by atoms with Gasteiger partial charge in [0.25, 0.3) is 0 Å². The highest BCUT2D eigenvalue weighted by Crippen LogP contribution is 2.46. The van der Waals surface area contributed by atoms with Gasteiger partial charge < -0.3 is 15.4 Å². The standard InChI is InChI=1S/C29H28N2O3/c1-29(2)16-24-26(25(32)17-29)27(19-10-7-11-21(14-19)34-3)31-22-13-12-20(15-23(22)30-24)28(33)18-8-5-4-6-9-18/h4-15,27,30-31H,16-17H2,1-3H3/t27-/m0/s1. The Kier molecular flexibility index (Phi) is 5.48. The molecule has 0 spiro atoms. The van der Waals surface area contributed by atoms with Crippen LogP contribution in [0.25, 0.3) is 0 Å². The van der Waals surface area contributed by atoms with Crippen molar-refractivity contribution in [2.24, 2.45) is 5.41 Å². The summed E-state index contributed by atoms with van der Waals surface area (Å²) in [5.74, 6) is 0.840. The summed E-state index contributed by atoms with van der Waals surface area (Å²) in [6, 6.07) is 22.4. The second-order valence-electron chi connectivity index (χ2n) is 9.77. The Labute approximate surface area is 199 Å². The van der Waals surface area contributed by atoms with Crippen LogP contribution in [-0.4, -0.2) is 18.7 Å². The summed E-state index contributed by atoms with van der Waals surface area (Å²) in [7, 11) is 1.64. The molecule has 172 valence electrons. The molecule has 5 nitrogen and oxygen atoms in total. The van der Waals surface area contributed by atoms with Crippen molar-refractivity contribution in [1.29, 1.82) is 0 Å². The average molecular weight is 453 g/mol. The Morgan fingerprint density at radius 3 is 2.47 bits per heavy atom. The molecule has 5 rings (SSSR count). The van der Waals surface area contributed by atoms with Crippen LogP contribution in [0, 0.1) is 5.41 Å². The predicted molar refractivity (Wildman–Crippen MR) is 134 cm³/mol. The van der Waals surface area contributed by atoms with Crippen LogP contribution in [0.3, 0.4) is 0 Å². The van der Waals surface area contributed by atoms with E-state index in [9.17, 15) is 9.59 Å². The van der Waals surface area contributed by atoms with E-state index in [1.54, 1.807) is 7.11 Å². The first-order valence-electron chi connectivity index (χ1n) is 11.5. The predicted octanol–water partition coefficient (Wildman–Crippen LogP) is 6.15. The number of hydrogen-bond acceptors (Lipinski definition) is 5. The van der Waals surface area contributed by atoms with Gasteiger partial charge in [-0.05, 0) is 47.7 Å². The maximum Gasteiger partial charge on any atom is 0.193 e. The second kappa shape index (κ2) is 8.49. The van der Waals surface area contributed by atoms with E-state index >= 15 is 0 Å². The molecule has 2 aliphatic rings. The largest absolute Gasteiger partial charge is 0.497 e. The molecule has 0 amide bonds. The lowest BCUT2D eigenvalue weighted by Gasteiger charge is -2.34. The van der Waals surface area contributed by atoms with Crippen LogP contribution >= 0.6 is 0 Å². The minimum absolute atomic E-state index is 0.0342. The van der Waals surface area contributed by atoms with Gasteiger partial charge in [-0.1, -0.05) is 56.3 Å². The lowest BCUT2D eigenvalue weighted by atomic mass is 9.73. The number of Topliss-reactive ketones (excluding diaryl/α,β-unsaturated/α-hetero) is 1. The van der Waals surface area contributed by atoms with Crippen LogP contribution in [0.15, 0.2) is 84.1 Å². The van der Waals surface area contributed by atoms with E-state index in [-0.39, 0.29) is 23.0 Å². The fraction of sp³-hybridized carbons (Fsp3) is 0.241. The van der Waals surface area contributed by atoms with Gasteiger partial charge in [-0.15, -0.1) is 0 Å². The molecule has 5 heteroatoms. The van der Waals surface area contributed by atoms with E-state index < -0.39 is 0 Å². The second-order valence-corrected chi connectivity index (χ2v) is 9.77. The molecular formula is C29H28N2O3. The van der Waals surface area contributed by atoms with Gasteiger partial charge in [0.15, 0.2) is 11.6 Å². The van der Waals surface area contributed by atoms with Crippen molar-refractivity contribution in [1.82, 2.24) is 0 Å². The number of allylic oxidation sites excluding steroid dienone is 1. The number of anilines is 2. The third-order valence-electron chi connectivity index (χ3n) is 6.54. The Bertz CT molecular complexity index is 1310. The molecule has 1 aliphatic carbocycles. The van der Waals surface area contributed by atoms with Crippen molar-refractivity contribution in [2.75, 3.05) is 17.7 Å². The minimum atomic E-state index is -0.321. The van der Waals surface area contributed by atoms with E-state index in [2.05, 4.69) is 24.5 Å². The molecule has 3 aromatic carbocycles. The molecule has 0 aromatic heterocycles. The van der Waals surface area contributed by atoms with E-state index in [1.165, 1.54) is 0 Å². The number of carbonyl (C=O) groups excluding carboxylic acids is 2. The molecule has 1 atom stereocenters. The van der Waals surface area contributed by atoms with Crippen LogP contribution in [0.5, 0.6) is 5.75 Å². The molecule has 0 saturated heterocycles. The topological polar surface area (TPSA) is 67.4 Å². The van der Waals surface area contributed by atoms with Crippen molar-refractivity contribution in [3.05, 3.63) is 101 Å². The first-order chi connectivity index (χ1) is 16.3. The SMILES string of the molecule is COc1cccc([C@@H]2Nc3ccc(C(=O)c4ccccc4)cc3NC3=C2C(=O)CC(C)(C)C3)c1. The summed E-state index contributed by atoms with van der Waals surface area (Å²) in [6.07, 6.45) is 1.23. The third kappa shape index (κ3) is 4.10. The number of hydrogen-bond donors (Lipinski definition) is 2. The van der Waals surface area contributed by atoms with Gasteiger partial charge in [-0.2, -0.15) is 0 Å². The quantitative estimate of drug-likeness (QED) is 0.465. The minimum Gasteiger partial charge on any atom is -0.497 e. The number of fused-ring (bicyclic) bond motifs is 1. The Balaban J connectivity index is 1.61. The van der Waals surface area contributed by atoms with Gasteiger partial charge in [-0.25, -0.2) is 0 Å². The molecule has 3 aromatic rings. The number of benzene rings is 3. The zero-order valence-electron chi connectivity index (χ0n) is 19.6. The van der Waals surface area contributed by atoms with Crippen LogP contribution < -0.4 is 15.4 Å². The fourth-order valence-corrected chi connectivity index (χ4v) is 4.91. The number of ether oxygens (including phenoxy) is 1. The van der Waals surface area contributed by atoms with Crippen LogP contribution in [0.4, 0.5) is 11.4 Å². The van der Waals surface area contributed by atoms with Crippen molar-refractivity contribution in [2.45, 2.75) is 32.7 Å². The molecule has 2 N–H and O–H groups in total. The van der Waals surface area contributed by atoms with Crippen LogP contribution in [0.1, 0.15) is 54.2 Å². The third-order valence-corrected chi connectivity index (χ3v) is 6.54. The van der Waals surface area contributed by atoms with Crippen molar-refractivity contribution < 1.29 is 14.3 Å². The summed E-state index contributed by atoms with van der Waals surface area (Å²) in [4.78, 5) is 26.5. The highest BCUT2D eigenvalue weighted by Gasteiger charge is 2.38. The number of rotatable bonds is 4. The highest BCUT2D eigenvalue weighted by molar-refractivity contribution is 6.10. The van der Waals surface area contributed by atoms with Crippen LogP contribution in [-0.2, 0) is 4.79 Å². The van der Waals surface area contributed by atoms with E-state index in [0.29, 0.717) is 17.5 Å². The zero-order chi connectivity index (χ0) is 23.9. The van der Waals surface area contributed by atoms with Crippen molar-refractivity contribution >= 4 is 22.9 Å². The molecular weight excluding hydrogens is 424 g/mol. The summed E-state index contributed by atoms with van der Waals surface area (Å²) in [5, 5.41) is 7.12. The first-order valence-corrected chi connectivity index (χ1v) is 11.5. The molecule has 0 bridgehead atoms. The van der Waals surface area contributed by atoms with Gasteiger partial charge in [0.2, 0.25) is 0 Å². The maximum atomic E-state index is 13.4.